The second-order valence-corrected chi connectivity index (χ2v) is 9.45. The largest absolute Gasteiger partial charge is 0.492 e. The number of amides is 2. The molecule has 0 atom stereocenters. The Morgan fingerprint density at radius 1 is 0.912 bits per heavy atom. The second kappa shape index (κ2) is 10.2. The van der Waals surface area contributed by atoms with Gasteiger partial charge >= 0.3 is 0 Å². The van der Waals surface area contributed by atoms with Crippen molar-refractivity contribution in [1.29, 1.82) is 0 Å². The van der Waals surface area contributed by atoms with Crippen LogP contribution in [0.25, 0.3) is 0 Å². The molecule has 0 bridgehead atoms. The summed E-state index contributed by atoms with van der Waals surface area (Å²) in [5.41, 5.74) is 3.79. The summed E-state index contributed by atoms with van der Waals surface area (Å²) in [6.45, 7) is 8.58. The molecule has 0 aliphatic carbocycles. The van der Waals surface area contributed by atoms with Crippen LogP contribution in [-0.2, 0) is 9.59 Å². The molecule has 1 aliphatic rings. The number of ether oxygens (including phenoxy) is 1. The standard InChI is InChI=1S/C28H28N2O3S/c1-5-33-24-9-7-6-8-23(24)30-27(31)25(29-21-14-12-20(13-15-21)18(2)3)26(28(30)32)34-22-16-10-19(4)11-17-22/h6-18,29H,5H2,1-4H3. The van der Waals surface area contributed by atoms with Crippen molar-refractivity contribution < 1.29 is 14.3 Å². The van der Waals surface area contributed by atoms with Gasteiger partial charge in [0, 0.05) is 10.6 Å². The second-order valence-electron chi connectivity index (χ2n) is 8.37. The Labute approximate surface area is 204 Å². The highest BCUT2D eigenvalue weighted by Gasteiger charge is 2.41. The van der Waals surface area contributed by atoms with Crippen LogP contribution in [0.4, 0.5) is 11.4 Å². The lowest BCUT2D eigenvalue weighted by atomic mass is 10.0. The van der Waals surface area contributed by atoms with Crippen molar-refractivity contribution in [2.24, 2.45) is 0 Å². The zero-order valence-electron chi connectivity index (χ0n) is 19.8. The Hall–Kier alpha value is -3.51. The van der Waals surface area contributed by atoms with Crippen molar-refractivity contribution >= 4 is 35.0 Å². The van der Waals surface area contributed by atoms with Crippen molar-refractivity contribution in [3.05, 3.63) is 94.5 Å². The van der Waals surface area contributed by atoms with Crippen molar-refractivity contribution in [1.82, 2.24) is 0 Å². The smallest absolute Gasteiger partial charge is 0.283 e. The first kappa shape index (κ1) is 23.6. The van der Waals surface area contributed by atoms with Crippen molar-refractivity contribution in [2.75, 3.05) is 16.8 Å². The molecular formula is C28H28N2O3S. The number of benzene rings is 3. The maximum atomic E-state index is 13.6. The van der Waals surface area contributed by atoms with E-state index in [-0.39, 0.29) is 11.6 Å². The van der Waals surface area contributed by atoms with Gasteiger partial charge in [0.25, 0.3) is 11.8 Å². The normalized spacial score (nSPS) is 13.7. The van der Waals surface area contributed by atoms with Crippen LogP contribution in [0.2, 0.25) is 0 Å². The highest BCUT2D eigenvalue weighted by molar-refractivity contribution is 8.04. The van der Waals surface area contributed by atoms with Gasteiger partial charge in [0.05, 0.1) is 12.3 Å². The highest BCUT2D eigenvalue weighted by Crippen LogP contribution is 2.40. The molecule has 0 unspecified atom stereocenters. The van der Waals surface area contributed by atoms with E-state index in [1.807, 2.05) is 68.4 Å². The number of carbonyl (C=O) groups excluding carboxylic acids is 2. The van der Waals surface area contributed by atoms with E-state index in [1.54, 1.807) is 18.2 Å². The van der Waals surface area contributed by atoms with Crippen LogP contribution in [-0.4, -0.2) is 18.4 Å². The Bertz CT molecular complexity index is 1230. The van der Waals surface area contributed by atoms with E-state index in [2.05, 4.69) is 19.2 Å². The van der Waals surface area contributed by atoms with Crippen LogP contribution >= 0.6 is 11.8 Å². The molecule has 0 aromatic heterocycles. The maximum absolute atomic E-state index is 13.6. The zero-order valence-corrected chi connectivity index (χ0v) is 20.6. The van der Waals surface area contributed by atoms with E-state index in [0.29, 0.717) is 28.9 Å². The van der Waals surface area contributed by atoms with E-state index in [0.717, 1.165) is 16.1 Å². The minimum atomic E-state index is -0.403. The summed E-state index contributed by atoms with van der Waals surface area (Å²) >= 11 is 1.29. The lowest BCUT2D eigenvalue weighted by Gasteiger charge is -2.19. The predicted molar refractivity (Wildman–Crippen MR) is 138 cm³/mol. The van der Waals surface area contributed by atoms with Gasteiger partial charge in [-0.15, -0.1) is 0 Å². The van der Waals surface area contributed by atoms with Gasteiger partial charge in [-0.05, 0) is 61.7 Å². The summed E-state index contributed by atoms with van der Waals surface area (Å²) in [6, 6.07) is 22.9. The maximum Gasteiger partial charge on any atom is 0.283 e. The average molecular weight is 473 g/mol. The van der Waals surface area contributed by atoms with E-state index < -0.39 is 5.91 Å². The van der Waals surface area contributed by atoms with Crippen molar-refractivity contribution in [3.8, 4) is 5.75 Å². The fraction of sp³-hybridized carbons (Fsp3) is 0.214. The quantitative estimate of drug-likeness (QED) is 0.379. The van der Waals surface area contributed by atoms with Gasteiger partial charge in [-0.1, -0.05) is 67.6 Å². The molecule has 2 amide bonds. The SMILES string of the molecule is CCOc1ccccc1N1C(=O)C(Nc2ccc(C(C)C)cc2)=C(Sc2ccc(C)cc2)C1=O. The number of nitrogens with zero attached hydrogens (tertiary/aromatic N) is 1. The van der Waals surface area contributed by atoms with Crippen LogP contribution in [0.15, 0.2) is 88.3 Å². The highest BCUT2D eigenvalue weighted by atomic mass is 32.2. The molecule has 4 rings (SSSR count). The lowest BCUT2D eigenvalue weighted by molar-refractivity contribution is -0.120. The van der Waals surface area contributed by atoms with Crippen LogP contribution < -0.4 is 15.0 Å². The lowest BCUT2D eigenvalue weighted by Crippen LogP contribution is -2.32. The number of imide groups is 1. The molecule has 1 aliphatic heterocycles. The third kappa shape index (κ3) is 4.87. The first-order valence-electron chi connectivity index (χ1n) is 11.4. The average Bonchev–Trinajstić information content (AvgIpc) is 3.05. The third-order valence-corrected chi connectivity index (χ3v) is 6.63. The van der Waals surface area contributed by atoms with Gasteiger partial charge in [-0.2, -0.15) is 0 Å². The number of carbonyl (C=O) groups is 2. The summed E-state index contributed by atoms with van der Waals surface area (Å²) < 4.78 is 5.71. The zero-order chi connectivity index (χ0) is 24.2. The first-order valence-corrected chi connectivity index (χ1v) is 12.2. The van der Waals surface area contributed by atoms with Crippen molar-refractivity contribution in [3.63, 3.8) is 0 Å². The molecule has 174 valence electrons. The third-order valence-electron chi connectivity index (χ3n) is 5.53. The van der Waals surface area contributed by atoms with Gasteiger partial charge in [0.2, 0.25) is 0 Å². The van der Waals surface area contributed by atoms with Gasteiger partial charge < -0.3 is 10.1 Å². The Kier molecular flexibility index (Phi) is 7.08. The van der Waals surface area contributed by atoms with Crippen LogP contribution in [0.5, 0.6) is 5.75 Å². The van der Waals surface area contributed by atoms with Crippen LogP contribution in [0.1, 0.15) is 37.8 Å². The number of hydrogen-bond donors (Lipinski definition) is 1. The molecule has 0 fully saturated rings. The molecule has 0 saturated carbocycles. The van der Waals surface area contributed by atoms with E-state index in [9.17, 15) is 9.59 Å². The Morgan fingerprint density at radius 3 is 2.24 bits per heavy atom. The summed E-state index contributed by atoms with van der Waals surface area (Å²) in [7, 11) is 0. The Morgan fingerprint density at radius 2 is 1.59 bits per heavy atom. The number of rotatable bonds is 8. The predicted octanol–water partition coefficient (Wildman–Crippen LogP) is 6.51. The number of thioether (sulfide) groups is 1. The Balaban J connectivity index is 1.73. The number of aryl methyl sites for hydroxylation is 1. The molecule has 0 spiro atoms. The monoisotopic (exact) mass is 472 g/mol. The summed E-state index contributed by atoms with van der Waals surface area (Å²) in [4.78, 5) is 29.7. The van der Waals surface area contributed by atoms with E-state index in [4.69, 9.17) is 4.74 Å². The molecule has 0 radical (unpaired) electrons. The minimum absolute atomic E-state index is 0.263. The molecule has 1 N–H and O–H groups in total. The molecule has 0 saturated heterocycles. The number of para-hydroxylation sites is 2. The summed E-state index contributed by atoms with van der Waals surface area (Å²) in [6.07, 6.45) is 0. The first-order chi connectivity index (χ1) is 16.4. The molecule has 3 aromatic carbocycles. The van der Waals surface area contributed by atoms with Gasteiger partial charge in [-0.3, -0.25) is 9.59 Å². The minimum Gasteiger partial charge on any atom is -0.492 e. The fourth-order valence-electron chi connectivity index (χ4n) is 3.67. The topological polar surface area (TPSA) is 58.6 Å². The molecule has 5 nitrogen and oxygen atoms in total. The molecule has 1 heterocycles. The fourth-order valence-corrected chi connectivity index (χ4v) is 4.60. The summed E-state index contributed by atoms with van der Waals surface area (Å²) in [5.74, 6) is 0.124. The van der Waals surface area contributed by atoms with Crippen molar-refractivity contribution in [2.45, 2.75) is 38.5 Å². The van der Waals surface area contributed by atoms with Crippen LogP contribution in [0, 0.1) is 6.92 Å². The number of nitrogens with one attached hydrogen (secondary N) is 1. The van der Waals surface area contributed by atoms with Crippen LogP contribution in [0.3, 0.4) is 0 Å². The van der Waals surface area contributed by atoms with Gasteiger partial charge in [-0.25, -0.2) is 4.90 Å². The summed E-state index contributed by atoms with van der Waals surface area (Å²) in [5, 5.41) is 3.23. The number of hydrogen-bond acceptors (Lipinski definition) is 5. The van der Waals surface area contributed by atoms with Gasteiger partial charge in [0.15, 0.2) is 0 Å². The van der Waals surface area contributed by atoms with Gasteiger partial charge in [0.1, 0.15) is 16.4 Å². The van der Waals surface area contributed by atoms with E-state index in [1.165, 1.54) is 22.2 Å². The van der Waals surface area contributed by atoms with E-state index >= 15 is 0 Å². The molecule has 6 heteroatoms. The molecule has 3 aromatic rings. The number of anilines is 2. The molecule has 34 heavy (non-hydrogen) atoms. The molecular weight excluding hydrogens is 444 g/mol.